The highest BCUT2D eigenvalue weighted by molar-refractivity contribution is 6.36. The fourth-order valence-corrected chi connectivity index (χ4v) is 3.79. The van der Waals surface area contributed by atoms with Crippen LogP contribution in [0.25, 0.3) is 0 Å². The molecule has 158 valence electrons. The van der Waals surface area contributed by atoms with Crippen LogP contribution in [0.5, 0.6) is 5.75 Å². The summed E-state index contributed by atoms with van der Waals surface area (Å²) in [7, 11) is 0. The molecule has 0 spiro atoms. The lowest BCUT2D eigenvalue weighted by atomic mass is 10.00. The van der Waals surface area contributed by atoms with Gasteiger partial charge in [0.2, 0.25) is 5.91 Å². The second-order valence-corrected chi connectivity index (χ2v) is 7.58. The number of benzene rings is 2. The van der Waals surface area contributed by atoms with E-state index in [0.29, 0.717) is 34.2 Å². The number of hydrogen-bond donors (Lipinski definition) is 1. The molecule has 1 fully saturated rings. The molecule has 2 aromatic rings. The van der Waals surface area contributed by atoms with Gasteiger partial charge in [-0.05, 0) is 18.6 Å². The minimum Gasteiger partial charge on any atom is -0.490 e. The first-order valence-electron chi connectivity index (χ1n) is 9.98. The van der Waals surface area contributed by atoms with Crippen molar-refractivity contribution in [2.45, 2.75) is 6.42 Å². The summed E-state index contributed by atoms with van der Waals surface area (Å²) in [6, 6.07) is 10.0. The van der Waals surface area contributed by atoms with E-state index in [1.807, 2.05) is 12.1 Å². The highest BCUT2D eigenvalue weighted by Crippen LogP contribution is 2.31. The smallest absolute Gasteiger partial charge is 0.246 e. The summed E-state index contributed by atoms with van der Waals surface area (Å²) in [6.45, 7) is 4.49. The molecule has 8 heteroatoms. The number of rotatable bonds is 6. The number of morpholine rings is 1. The van der Waals surface area contributed by atoms with Crippen molar-refractivity contribution in [3.63, 3.8) is 0 Å². The number of carbonyl (C=O) groups excluding carboxylic acids is 1. The van der Waals surface area contributed by atoms with Crippen LogP contribution in [0.1, 0.15) is 17.5 Å². The number of halogens is 2. The highest BCUT2D eigenvalue weighted by Gasteiger charge is 2.22. The Hall–Kier alpha value is -2.48. The average Bonchev–Trinajstić information content (AvgIpc) is 2.90. The number of aliphatic imine (C=N–C) groups is 1. The number of benzodiazepines with no additional fused rings is 1. The zero-order valence-corrected chi connectivity index (χ0v) is 17.3. The molecule has 30 heavy (non-hydrogen) atoms. The largest absolute Gasteiger partial charge is 0.490 e. The standard InChI is InChI=1S/C22H23ClFN3O3/c23-17-5-2-1-4-15(17)22-16-12-18(24)20(13-19(16)26-21(28)14-25-22)30-9-3-6-27-7-10-29-11-8-27/h1-2,4-5,12-13H,3,6-11,14H2,(H,26,28). The number of nitrogens with zero attached hydrogens (tertiary/aromatic N) is 2. The third-order valence-corrected chi connectivity index (χ3v) is 5.42. The maximum atomic E-state index is 14.8. The van der Waals surface area contributed by atoms with E-state index in [9.17, 15) is 9.18 Å². The number of fused-ring (bicyclic) bond motifs is 1. The Kier molecular flexibility index (Phi) is 6.62. The summed E-state index contributed by atoms with van der Waals surface area (Å²) in [4.78, 5) is 18.8. The second kappa shape index (κ2) is 9.55. The number of anilines is 1. The summed E-state index contributed by atoms with van der Waals surface area (Å²) in [6.07, 6.45) is 0.773. The van der Waals surface area contributed by atoms with E-state index in [1.165, 1.54) is 12.1 Å². The predicted molar refractivity (Wildman–Crippen MR) is 114 cm³/mol. The van der Waals surface area contributed by atoms with Gasteiger partial charge in [0.05, 0.1) is 31.2 Å². The van der Waals surface area contributed by atoms with E-state index in [4.69, 9.17) is 21.1 Å². The highest BCUT2D eigenvalue weighted by atomic mass is 35.5. The lowest BCUT2D eigenvalue weighted by Gasteiger charge is -2.26. The van der Waals surface area contributed by atoms with Gasteiger partial charge < -0.3 is 14.8 Å². The van der Waals surface area contributed by atoms with Crippen LogP contribution >= 0.6 is 11.6 Å². The van der Waals surface area contributed by atoms with Crippen molar-refractivity contribution < 1.29 is 18.7 Å². The van der Waals surface area contributed by atoms with Crippen LogP contribution in [0.2, 0.25) is 5.02 Å². The van der Waals surface area contributed by atoms with Crippen LogP contribution in [0.15, 0.2) is 41.4 Å². The molecule has 0 saturated carbocycles. The summed E-state index contributed by atoms with van der Waals surface area (Å²) in [5.74, 6) is -0.671. The molecular weight excluding hydrogens is 409 g/mol. The van der Waals surface area contributed by atoms with E-state index < -0.39 is 5.82 Å². The van der Waals surface area contributed by atoms with Crippen molar-refractivity contribution in [3.05, 3.63) is 58.4 Å². The van der Waals surface area contributed by atoms with Gasteiger partial charge in [-0.25, -0.2) is 4.39 Å². The topological polar surface area (TPSA) is 63.2 Å². The first-order valence-corrected chi connectivity index (χ1v) is 10.4. The first kappa shape index (κ1) is 20.8. The Bertz CT molecular complexity index is 961. The van der Waals surface area contributed by atoms with Crippen molar-refractivity contribution in [1.82, 2.24) is 4.90 Å². The fourth-order valence-electron chi connectivity index (χ4n) is 3.57. The predicted octanol–water partition coefficient (Wildman–Crippen LogP) is 3.37. The molecular formula is C22H23ClFN3O3. The van der Waals surface area contributed by atoms with Crippen molar-refractivity contribution in [1.29, 1.82) is 0 Å². The molecule has 2 heterocycles. The van der Waals surface area contributed by atoms with Gasteiger partial charge in [-0.2, -0.15) is 0 Å². The molecule has 1 saturated heterocycles. The number of hydrogen-bond acceptors (Lipinski definition) is 5. The summed E-state index contributed by atoms with van der Waals surface area (Å²) >= 11 is 6.32. The lowest BCUT2D eigenvalue weighted by molar-refractivity contribution is -0.114. The molecule has 4 rings (SSSR count). The van der Waals surface area contributed by atoms with Gasteiger partial charge >= 0.3 is 0 Å². The normalized spacial score (nSPS) is 17.0. The van der Waals surface area contributed by atoms with Crippen molar-refractivity contribution in [2.75, 3.05) is 51.3 Å². The van der Waals surface area contributed by atoms with Crippen LogP contribution < -0.4 is 10.1 Å². The molecule has 1 N–H and O–H groups in total. The van der Waals surface area contributed by atoms with Gasteiger partial charge in [0.25, 0.3) is 0 Å². The third-order valence-electron chi connectivity index (χ3n) is 5.09. The fraction of sp³-hybridized carbons (Fsp3) is 0.364. The molecule has 0 aliphatic carbocycles. The summed E-state index contributed by atoms with van der Waals surface area (Å²) in [5.41, 5.74) is 2.06. The monoisotopic (exact) mass is 431 g/mol. The zero-order chi connectivity index (χ0) is 20.9. The van der Waals surface area contributed by atoms with Crippen molar-refractivity contribution >= 4 is 28.9 Å². The number of nitrogens with one attached hydrogen (secondary N) is 1. The average molecular weight is 432 g/mol. The molecule has 0 radical (unpaired) electrons. The zero-order valence-electron chi connectivity index (χ0n) is 16.5. The SMILES string of the molecule is O=C1CN=C(c2ccccc2Cl)c2cc(F)c(OCCCN3CCOCC3)cc2N1. The molecule has 0 atom stereocenters. The first-order chi connectivity index (χ1) is 14.6. The van der Waals surface area contributed by atoms with Crippen LogP contribution in [0.4, 0.5) is 10.1 Å². The third kappa shape index (κ3) is 4.80. The molecule has 0 bridgehead atoms. The van der Waals surface area contributed by atoms with E-state index in [0.717, 1.165) is 39.3 Å². The van der Waals surface area contributed by atoms with Crippen molar-refractivity contribution in [3.8, 4) is 5.75 Å². The van der Waals surface area contributed by atoms with Crippen LogP contribution in [-0.2, 0) is 9.53 Å². The maximum absolute atomic E-state index is 14.8. The van der Waals surface area contributed by atoms with Crippen LogP contribution in [-0.4, -0.2) is 62.5 Å². The van der Waals surface area contributed by atoms with Gasteiger partial charge in [0.1, 0.15) is 6.54 Å². The second-order valence-electron chi connectivity index (χ2n) is 7.18. The molecule has 6 nitrogen and oxygen atoms in total. The number of carbonyl (C=O) groups is 1. The number of amides is 1. The molecule has 2 aliphatic rings. The van der Waals surface area contributed by atoms with E-state index >= 15 is 0 Å². The summed E-state index contributed by atoms with van der Waals surface area (Å²) in [5, 5.41) is 3.27. The van der Waals surface area contributed by atoms with Crippen molar-refractivity contribution in [2.24, 2.45) is 4.99 Å². The van der Waals surface area contributed by atoms with Gasteiger partial charge in [0, 0.05) is 41.9 Å². The quantitative estimate of drug-likeness (QED) is 0.712. The molecule has 1 amide bonds. The number of ether oxygens (including phenoxy) is 2. The molecule has 2 aromatic carbocycles. The Balaban J connectivity index is 1.52. The molecule has 2 aliphatic heterocycles. The molecule has 0 aromatic heterocycles. The van der Waals surface area contributed by atoms with E-state index in [1.54, 1.807) is 12.1 Å². The van der Waals surface area contributed by atoms with Gasteiger partial charge in [0.15, 0.2) is 11.6 Å². The van der Waals surface area contributed by atoms with Crippen LogP contribution in [0.3, 0.4) is 0 Å². The summed E-state index contributed by atoms with van der Waals surface area (Å²) < 4.78 is 25.8. The maximum Gasteiger partial charge on any atom is 0.246 e. The van der Waals surface area contributed by atoms with E-state index in [2.05, 4.69) is 15.2 Å². The van der Waals surface area contributed by atoms with Gasteiger partial charge in [-0.15, -0.1) is 0 Å². The Morgan fingerprint density at radius 1 is 1.20 bits per heavy atom. The Labute approximate surface area is 179 Å². The van der Waals surface area contributed by atoms with Crippen LogP contribution in [0, 0.1) is 5.82 Å². The Morgan fingerprint density at radius 3 is 2.80 bits per heavy atom. The lowest BCUT2D eigenvalue weighted by Crippen LogP contribution is -2.37. The van der Waals surface area contributed by atoms with E-state index in [-0.39, 0.29) is 18.2 Å². The Morgan fingerprint density at radius 2 is 2.00 bits per heavy atom. The van der Waals surface area contributed by atoms with Gasteiger partial charge in [-0.1, -0.05) is 29.8 Å². The minimum atomic E-state index is -0.504. The molecule has 0 unspecified atom stereocenters. The minimum absolute atomic E-state index is 0.0629. The van der Waals surface area contributed by atoms with Gasteiger partial charge in [-0.3, -0.25) is 14.7 Å².